The summed E-state index contributed by atoms with van der Waals surface area (Å²) in [5, 5.41) is 3.80. The van der Waals surface area contributed by atoms with Gasteiger partial charge < -0.3 is 5.32 Å². The minimum absolute atomic E-state index is 0.459. The van der Waals surface area contributed by atoms with Crippen LogP contribution in [0.4, 0.5) is 0 Å². The van der Waals surface area contributed by atoms with E-state index in [-0.39, 0.29) is 0 Å². The van der Waals surface area contributed by atoms with Gasteiger partial charge in [-0.25, -0.2) is 0 Å². The van der Waals surface area contributed by atoms with Crippen LogP contribution in [0.25, 0.3) is 0 Å². The van der Waals surface area contributed by atoms with Crippen LogP contribution >= 0.6 is 0 Å². The first-order valence-electron chi connectivity index (χ1n) is 7.41. The molecule has 0 radical (unpaired) electrons. The molecule has 100 valence electrons. The zero-order chi connectivity index (χ0) is 13.1. The summed E-state index contributed by atoms with van der Waals surface area (Å²) in [7, 11) is 0. The van der Waals surface area contributed by atoms with Crippen molar-refractivity contribution in [1.82, 2.24) is 5.32 Å². The molecule has 1 fully saturated rings. The van der Waals surface area contributed by atoms with E-state index >= 15 is 0 Å². The van der Waals surface area contributed by atoms with E-state index in [1.807, 2.05) is 0 Å². The maximum Gasteiger partial charge on any atom is 0.0296 e. The van der Waals surface area contributed by atoms with Crippen LogP contribution in [0.5, 0.6) is 0 Å². The van der Waals surface area contributed by atoms with Gasteiger partial charge in [0, 0.05) is 12.1 Å². The van der Waals surface area contributed by atoms with E-state index in [9.17, 15) is 0 Å². The Balaban J connectivity index is 2.00. The van der Waals surface area contributed by atoms with Crippen LogP contribution in [0.1, 0.15) is 62.3 Å². The predicted molar refractivity (Wildman–Crippen MR) is 78.9 cm³/mol. The highest BCUT2D eigenvalue weighted by molar-refractivity contribution is 5.32. The van der Waals surface area contributed by atoms with Crippen molar-refractivity contribution < 1.29 is 0 Å². The lowest BCUT2D eigenvalue weighted by atomic mass is 9.96. The average Bonchev–Trinajstić information content (AvgIpc) is 2.81. The normalized spacial score (nSPS) is 20.0. The van der Waals surface area contributed by atoms with Crippen molar-refractivity contribution >= 4 is 0 Å². The standard InChI is InChI=1S/C17H27N/c1-12-9-10-17(13(2)11-12)15(4)18-14(3)16-7-5-6-8-16/h9-11,14-16,18H,5-8H2,1-4H3/t14-,15?/m1/s1. The number of rotatable bonds is 4. The molecule has 0 heterocycles. The topological polar surface area (TPSA) is 12.0 Å². The van der Waals surface area contributed by atoms with Crippen LogP contribution in [0, 0.1) is 19.8 Å². The first kappa shape index (κ1) is 13.6. The number of nitrogens with one attached hydrogen (secondary N) is 1. The summed E-state index contributed by atoms with van der Waals surface area (Å²) in [4.78, 5) is 0. The van der Waals surface area contributed by atoms with Gasteiger partial charge in [-0.15, -0.1) is 0 Å². The van der Waals surface area contributed by atoms with Crippen molar-refractivity contribution in [3.63, 3.8) is 0 Å². The smallest absolute Gasteiger partial charge is 0.0296 e. The molecule has 0 bridgehead atoms. The van der Waals surface area contributed by atoms with Gasteiger partial charge in [0.2, 0.25) is 0 Å². The average molecular weight is 245 g/mol. The third-order valence-corrected chi connectivity index (χ3v) is 4.51. The quantitative estimate of drug-likeness (QED) is 0.821. The Labute approximate surface area is 112 Å². The summed E-state index contributed by atoms with van der Waals surface area (Å²) in [6.45, 7) is 9.04. The summed E-state index contributed by atoms with van der Waals surface area (Å²) >= 11 is 0. The number of hydrogen-bond acceptors (Lipinski definition) is 1. The molecule has 1 aromatic rings. The second-order valence-electron chi connectivity index (χ2n) is 6.08. The zero-order valence-electron chi connectivity index (χ0n) is 12.3. The van der Waals surface area contributed by atoms with Crippen LogP contribution < -0.4 is 5.32 Å². The van der Waals surface area contributed by atoms with Crippen molar-refractivity contribution in [2.24, 2.45) is 5.92 Å². The van der Waals surface area contributed by atoms with Crippen molar-refractivity contribution in [3.05, 3.63) is 34.9 Å². The van der Waals surface area contributed by atoms with Crippen LogP contribution in [0.2, 0.25) is 0 Å². The fraction of sp³-hybridized carbons (Fsp3) is 0.647. The van der Waals surface area contributed by atoms with E-state index in [2.05, 4.69) is 51.2 Å². The predicted octanol–water partition coefficient (Wildman–Crippen LogP) is 4.53. The molecular formula is C17H27N. The molecular weight excluding hydrogens is 218 g/mol. The third kappa shape index (κ3) is 3.14. The van der Waals surface area contributed by atoms with Gasteiger partial charge in [-0.1, -0.05) is 36.6 Å². The van der Waals surface area contributed by atoms with Gasteiger partial charge in [0.25, 0.3) is 0 Å². The van der Waals surface area contributed by atoms with Gasteiger partial charge in [-0.2, -0.15) is 0 Å². The lowest BCUT2D eigenvalue weighted by molar-refractivity contribution is 0.352. The van der Waals surface area contributed by atoms with Gasteiger partial charge in [0.1, 0.15) is 0 Å². The molecule has 1 N–H and O–H groups in total. The molecule has 2 atom stereocenters. The fourth-order valence-electron chi connectivity index (χ4n) is 3.39. The summed E-state index contributed by atoms with van der Waals surface area (Å²) in [5.74, 6) is 0.887. The van der Waals surface area contributed by atoms with Gasteiger partial charge in [-0.3, -0.25) is 0 Å². The molecule has 0 amide bonds. The summed E-state index contributed by atoms with van der Waals surface area (Å²) < 4.78 is 0. The molecule has 1 heteroatoms. The second-order valence-corrected chi connectivity index (χ2v) is 6.08. The Morgan fingerprint density at radius 3 is 2.39 bits per heavy atom. The van der Waals surface area contributed by atoms with E-state index in [1.165, 1.54) is 42.4 Å². The minimum atomic E-state index is 0.459. The van der Waals surface area contributed by atoms with Crippen LogP contribution in [0.3, 0.4) is 0 Å². The second kappa shape index (κ2) is 5.88. The van der Waals surface area contributed by atoms with Gasteiger partial charge in [0.05, 0.1) is 0 Å². The first-order chi connectivity index (χ1) is 8.58. The van der Waals surface area contributed by atoms with E-state index in [4.69, 9.17) is 0 Å². The van der Waals surface area contributed by atoms with Crippen molar-refractivity contribution in [2.75, 3.05) is 0 Å². The number of benzene rings is 1. The molecule has 1 nitrogen and oxygen atoms in total. The molecule has 1 aliphatic rings. The van der Waals surface area contributed by atoms with Gasteiger partial charge >= 0.3 is 0 Å². The molecule has 18 heavy (non-hydrogen) atoms. The van der Waals surface area contributed by atoms with Crippen LogP contribution in [0.15, 0.2) is 18.2 Å². The monoisotopic (exact) mass is 245 g/mol. The summed E-state index contributed by atoms with van der Waals surface area (Å²) in [6, 6.07) is 7.89. The Morgan fingerprint density at radius 1 is 1.11 bits per heavy atom. The highest BCUT2D eigenvalue weighted by Crippen LogP contribution is 2.29. The highest BCUT2D eigenvalue weighted by Gasteiger charge is 2.23. The van der Waals surface area contributed by atoms with Crippen molar-refractivity contribution in [2.45, 2.75) is 65.5 Å². The van der Waals surface area contributed by atoms with E-state index < -0.39 is 0 Å². The lowest BCUT2D eigenvalue weighted by Crippen LogP contribution is -2.34. The Morgan fingerprint density at radius 2 is 1.78 bits per heavy atom. The molecule has 0 spiro atoms. The van der Waals surface area contributed by atoms with Gasteiger partial charge in [-0.05, 0) is 57.6 Å². The first-order valence-corrected chi connectivity index (χ1v) is 7.41. The van der Waals surface area contributed by atoms with Gasteiger partial charge in [0.15, 0.2) is 0 Å². The molecule has 0 aliphatic heterocycles. The van der Waals surface area contributed by atoms with E-state index in [0.717, 1.165) is 5.92 Å². The largest absolute Gasteiger partial charge is 0.307 e. The Hall–Kier alpha value is -0.820. The lowest BCUT2D eigenvalue weighted by Gasteiger charge is -2.26. The SMILES string of the molecule is Cc1ccc(C(C)N[C@H](C)C2CCCC2)c(C)c1. The van der Waals surface area contributed by atoms with Crippen LogP contribution in [-0.2, 0) is 0 Å². The maximum atomic E-state index is 3.80. The summed E-state index contributed by atoms with van der Waals surface area (Å²) in [6.07, 6.45) is 5.67. The van der Waals surface area contributed by atoms with Crippen LogP contribution in [-0.4, -0.2) is 6.04 Å². The van der Waals surface area contributed by atoms with E-state index in [0.29, 0.717) is 12.1 Å². The Bertz CT molecular complexity index is 391. The zero-order valence-corrected chi connectivity index (χ0v) is 12.3. The molecule has 2 rings (SSSR count). The van der Waals surface area contributed by atoms with Crippen molar-refractivity contribution in [3.8, 4) is 0 Å². The molecule has 1 aliphatic carbocycles. The minimum Gasteiger partial charge on any atom is -0.307 e. The molecule has 1 unspecified atom stereocenters. The van der Waals surface area contributed by atoms with E-state index in [1.54, 1.807) is 0 Å². The molecule has 0 aromatic heterocycles. The summed E-state index contributed by atoms with van der Waals surface area (Å²) in [5.41, 5.74) is 4.21. The molecule has 0 saturated heterocycles. The van der Waals surface area contributed by atoms with Crippen molar-refractivity contribution in [1.29, 1.82) is 0 Å². The molecule has 1 saturated carbocycles. The fourth-order valence-corrected chi connectivity index (χ4v) is 3.39. The number of hydrogen-bond donors (Lipinski definition) is 1. The molecule has 1 aromatic carbocycles. The maximum absolute atomic E-state index is 3.80. The number of aryl methyl sites for hydroxylation is 2. The third-order valence-electron chi connectivity index (χ3n) is 4.51. The highest BCUT2D eigenvalue weighted by atomic mass is 14.9. The Kier molecular flexibility index (Phi) is 4.45.